The molecule has 1 aliphatic heterocycles. The number of amides is 2. The van der Waals surface area contributed by atoms with Crippen molar-refractivity contribution < 1.29 is 24.2 Å². The number of fused-ring (bicyclic) bond motifs is 3. The Morgan fingerprint density at radius 3 is 2.12 bits per heavy atom. The van der Waals surface area contributed by atoms with Crippen LogP contribution < -0.4 is 5.32 Å². The Labute approximate surface area is 199 Å². The van der Waals surface area contributed by atoms with Gasteiger partial charge in [0.05, 0.1) is 5.92 Å². The van der Waals surface area contributed by atoms with Crippen LogP contribution in [0.3, 0.4) is 0 Å². The number of carbonyl (C=O) groups is 3. The maximum absolute atomic E-state index is 12.5. The van der Waals surface area contributed by atoms with E-state index in [9.17, 15) is 14.4 Å². The van der Waals surface area contributed by atoms with E-state index < -0.39 is 12.1 Å². The van der Waals surface area contributed by atoms with Crippen molar-refractivity contribution >= 4 is 18.0 Å². The van der Waals surface area contributed by atoms with Gasteiger partial charge in [0.25, 0.3) is 0 Å². The van der Waals surface area contributed by atoms with E-state index in [2.05, 4.69) is 29.6 Å². The van der Waals surface area contributed by atoms with Crippen molar-refractivity contribution in [3.63, 3.8) is 0 Å². The molecule has 0 aromatic heterocycles. The quantitative estimate of drug-likeness (QED) is 0.676. The largest absolute Gasteiger partial charge is 0.481 e. The van der Waals surface area contributed by atoms with Crippen LogP contribution in [0.2, 0.25) is 0 Å². The number of ether oxygens (including phenoxy) is 1. The first-order valence-corrected chi connectivity index (χ1v) is 12.1. The molecule has 7 nitrogen and oxygen atoms in total. The van der Waals surface area contributed by atoms with Crippen LogP contribution in [-0.2, 0) is 14.3 Å². The normalized spacial score (nSPS) is 21.8. The highest BCUT2D eigenvalue weighted by Gasteiger charge is 2.35. The predicted octanol–water partition coefficient (Wildman–Crippen LogP) is 4.02. The Balaban J connectivity index is 1.05. The standard InChI is InChI=1S/C27H30N2O5/c30-25(29-11-9-18(10-12-29)26(31)32)15-17-13-19(14-17)28-27(33)34-16-24-22-7-3-1-5-20(22)21-6-2-4-8-23(21)24/h1-8,17-19,24H,9-16H2,(H,28,33)(H,31,32). The summed E-state index contributed by atoms with van der Waals surface area (Å²) in [6, 6.07) is 16.5. The molecule has 34 heavy (non-hydrogen) atoms. The number of alkyl carbamates (subject to hydrolysis) is 1. The number of benzene rings is 2. The summed E-state index contributed by atoms with van der Waals surface area (Å²) >= 11 is 0. The first-order chi connectivity index (χ1) is 16.5. The number of likely N-dealkylation sites (tertiary alicyclic amines) is 1. The van der Waals surface area contributed by atoms with Crippen LogP contribution in [0.15, 0.2) is 48.5 Å². The summed E-state index contributed by atoms with van der Waals surface area (Å²) < 4.78 is 5.61. The maximum Gasteiger partial charge on any atom is 0.407 e. The van der Waals surface area contributed by atoms with E-state index in [1.54, 1.807) is 4.90 Å². The van der Waals surface area contributed by atoms with Crippen molar-refractivity contribution in [3.05, 3.63) is 59.7 Å². The van der Waals surface area contributed by atoms with Crippen molar-refractivity contribution in [2.75, 3.05) is 19.7 Å². The van der Waals surface area contributed by atoms with Crippen LogP contribution in [0.25, 0.3) is 11.1 Å². The summed E-state index contributed by atoms with van der Waals surface area (Å²) in [5.74, 6) is -0.723. The predicted molar refractivity (Wildman–Crippen MR) is 126 cm³/mol. The van der Waals surface area contributed by atoms with Gasteiger partial charge in [-0.3, -0.25) is 9.59 Å². The molecule has 0 unspecified atom stereocenters. The van der Waals surface area contributed by atoms with Gasteiger partial charge in [-0.15, -0.1) is 0 Å². The fraction of sp³-hybridized carbons (Fsp3) is 0.444. The minimum atomic E-state index is -0.770. The molecule has 0 atom stereocenters. The molecule has 178 valence electrons. The first-order valence-electron chi connectivity index (χ1n) is 12.1. The highest BCUT2D eigenvalue weighted by molar-refractivity contribution is 5.79. The zero-order valence-electron chi connectivity index (χ0n) is 19.1. The average Bonchev–Trinajstić information content (AvgIpc) is 3.15. The molecule has 2 fully saturated rings. The highest BCUT2D eigenvalue weighted by atomic mass is 16.5. The van der Waals surface area contributed by atoms with E-state index in [1.165, 1.54) is 22.3 Å². The van der Waals surface area contributed by atoms with Gasteiger partial charge in [-0.2, -0.15) is 0 Å². The number of hydrogen-bond donors (Lipinski definition) is 2. The van der Waals surface area contributed by atoms with E-state index in [1.807, 2.05) is 24.3 Å². The number of hydrogen-bond acceptors (Lipinski definition) is 4. The molecule has 2 N–H and O–H groups in total. The van der Waals surface area contributed by atoms with Crippen molar-refractivity contribution in [2.45, 2.75) is 44.1 Å². The van der Waals surface area contributed by atoms with Gasteiger partial charge < -0.3 is 20.1 Å². The summed E-state index contributed by atoms with van der Waals surface area (Å²) in [6.07, 6.45) is 2.63. The maximum atomic E-state index is 12.5. The number of carboxylic acids is 1. The molecule has 1 saturated heterocycles. The van der Waals surface area contributed by atoms with Gasteiger partial charge in [-0.25, -0.2) is 4.79 Å². The van der Waals surface area contributed by atoms with Crippen LogP contribution in [0, 0.1) is 11.8 Å². The van der Waals surface area contributed by atoms with E-state index in [-0.39, 0.29) is 29.7 Å². The second-order valence-electron chi connectivity index (χ2n) is 9.70. The molecule has 2 aliphatic carbocycles. The van der Waals surface area contributed by atoms with Gasteiger partial charge in [-0.1, -0.05) is 48.5 Å². The van der Waals surface area contributed by atoms with Crippen LogP contribution in [-0.4, -0.2) is 53.7 Å². The summed E-state index contributed by atoms with van der Waals surface area (Å²) in [6.45, 7) is 1.33. The Kier molecular flexibility index (Phi) is 6.26. The Morgan fingerprint density at radius 1 is 0.941 bits per heavy atom. The third-order valence-corrected chi connectivity index (χ3v) is 7.56. The third kappa shape index (κ3) is 4.52. The second-order valence-corrected chi connectivity index (χ2v) is 9.70. The van der Waals surface area contributed by atoms with Gasteiger partial charge >= 0.3 is 12.1 Å². The zero-order chi connectivity index (χ0) is 23.7. The monoisotopic (exact) mass is 462 g/mol. The van der Waals surface area contributed by atoms with Crippen molar-refractivity contribution in [3.8, 4) is 11.1 Å². The molecule has 1 heterocycles. The molecule has 0 bridgehead atoms. The molecule has 0 spiro atoms. The van der Waals surface area contributed by atoms with Crippen molar-refractivity contribution in [1.29, 1.82) is 0 Å². The minimum Gasteiger partial charge on any atom is -0.481 e. The van der Waals surface area contributed by atoms with Crippen LogP contribution in [0.5, 0.6) is 0 Å². The van der Waals surface area contributed by atoms with E-state index in [0.29, 0.717) is 39.0 Å². The SMILES string of the molecule is O=C(NC1CC(CC(=O)N2CCC(C(=O)O)CC2)C1)OCC1c2ccccc2-c2ccccc21. The number of carbonyl (C=O) groups excluding carboxylic acids is 2. The summed E-state index contributed by atoms with van der Waals surface area (Å²) in [5.41, 5.74) is 4.77. The molecule has 2 aromatic carbocycles. The lowest BCUT2D eigenvalue weighted by molar-refractivity contribution is -0.146. The molecule has 2 amide bonds. The van der Waals surface area contributed by atoms with Gasteiger partial charge in [-0.05, 0) is 53.9 Å². The summed E-state index contributed by atoms with van der Waals surface area (Å²) in [7, 11) is 0. The van der Waals surface area contributed by atoms with Gasteiger partial charge in [0.2, 0.25) is 5.91 Å². The number of carboxylic acid groups (broad SMARTS) is 1. The van der Waals surface area contributed by atoms with E-state index >= 15 is 0 Å². The minimum absolute atomic E-state index is 0.0335. The number of nitrogens with zero attached hydrogens (tertiary/aromatic N) is 1. The van der Waals surface area contributed by atoms with Crippen molar-refractivity contribution in [1.82, 2.24) is 10.2 Å². The first kappa shape index (κ1) is 22.4. The molecule has 7 heteroatoms. The average molecular weight is 463 g/mol. The Hall–Kier alpha value is -3.35. The molecule has 1 saturated carbocycles. The molecule has 5 rings (SSSR count). The number of nitrogens with one attached hydrogen (secondary N) is 1. The lowest BCUT2D eigenvalue weighted by Crippen LogP contribution is -2.47. The lowest BCUT2D eigenvalue weighted by atomic mass is 9.78. The number of rotatable bonds is 6. The molecule has 3 aliphatic rings. The smallest absolute Gasteiger partial charge is 0.407 e. The highest BCUT2D eigenvalue weighted by Crippen LogP contribution is 2.44. The number of aliphatic carboxylic acids is 1. The van der Waals surface area contributed by atoms with E-state index in [0.717, 1.165) is 12.8 Å². The van der Waals surface area contributed by atoms with Crippen LogP contribution in [0.1, 0.15) is 49.1 Å². The molecule has 2 aromatic rings. The fourth-order valence-electron chi connectivity index (χ4n) is 5.58. The van der Waals surface area contributed by atoms with Crippen LogP contribution in [0.4, 0.5) is 4.79 Å². The molecule has 0 radical (unpaired) electrons. The summed E-state index contributed by atoms with van der Waals surface area (Å²) in [5, 5.41) is 12.0. The topological polar surface area (TPSA) is 95.9 Å². The Bertz CT molecular complexity index is 1040. The molecular formula is C27H30N2O5. The van der Waals surface area contributed by atoms with E-state index in [4.69, 9.17) is 9.84 Å². The lowest BCUT2D eigenvalue weighted by Gasteiger charge is -2.37. The molecular weight excluding hydrogens is 432 g/mol. The van der Waals surface area contributed by atoms with Gasteiger partial charge in [0.15, 0.2) is 0 Å². The van der Waals surface area contributed by atoms with Crippen molar-refractivity contribution in [2.24, 2.45) is 11.8 Å². The fourth-order valence-corrected chi connectivity index (χ4v) is 5.58. The van der Waals surface area contributed by atoms with Gasteiger partial charge in [0, 0.05) is 31.5 Å². The number of piperidine rings is 1. The third-order valence-electron chi connectivity index (χ3n) is 7.56. The Morgan fingerprint density at radius 2 is 1.53 bits per heavy atom. The second kappa shape index (κ2) is 9.49. The zero-order valence-corrected chi connectivity index (χ0v) is 19.1. The van der Waals surface area contributed by atoms with Crippen LogP contribution >= 0.6 is 0 Å². The van der Waals surface area contributed by atoms with Gasteiger partial charge in [0.1, 0.15) is 6.61 Å². The summed E-state index contributed by atoms with van der Waals surface area (Å²) in [4.78, 5) is 37.8.